The summed E-state index contributed by atoms with van der Waals surface area (Å²) in [5, 5.41) is 2.94. The molecule has 1 saturated carbocycles. The van der Waals surface area contributed by atoms with Crippen LogP contribution in [0.3, 0.4) is 0 Å². The maximum absolute atomic E-state index is 12.1. The number of aromatic nitrogens is 2. The first-order chi connectivity index (χ1) is 16.2. The second-order valence-corrected chi connectivity index (χ2v) is 9.10. The van der Waals surface area contributed by atoms with Crippen molar-refractivity contribution in [2.24, 2.45) is 5.92 Å². The summed E-state index contributed by atoms with van der Waals surface area (Å²) in [4.78, 5) is 20.7. The number of carbonyl (C=O) groups is 1. The van der Waals surface area contributed by atoms with Gasteiger partial charge in [-0.15, -0.1) is 0 Å². The number of aromatic amines is 1. The maximum Gasteiger partial charge on any atom is 0.407 e. The van der Waals surface area contributed by atoms with Gasteiger partial charge in [0.2, 0.25) is 0 Å². The van der Waals surface area contributed by atoms with E-state index in [2.05, 4.69) is 22.4 Å². The number of fused-ring (bicyclic) bond motifs is 3. The van der Waals surface area contributed by atoms with Crippen molar-refractivity contribution in [3.05, 3.63) is 71.2 Å². The molecule has 1 fully saturated rings. The molecule has 1 amide bonds. The van der Waals surface area contributed by atoms with E-state index in [1.807, 2.05) is 36.4 Å². The number of methoxy groups -OCH3 is 1. The van der Waals surface area contributed by atoms with Gasteiger partial charge in [0.15, 0.2) is 0 Å². The summed E-state index contributed by atoms with van der Waals surface area (Å²) in [6, 6.07) is 16.0. The number of hydrogen-bond acceptors (Lipinski definition) is 4. The molecule has 2 aromatic carbocycles. The van der Waals surface area contributed by atoms with Gasteiger partial charge in [-0.1, -0.05) is 42.5 Å². The molecule has 2 aliphatic carbocycles. The molecule has 5 rings (SSSR count). The lowest BCUT2D eigenvalue weighted by atomic mass is 9.81. The van der Waals surface area contributed by atoms with Crippen molar-refractivity contribution in [1.82, 2.24) is 15.3 Å². The Hall–Kier alpha value is -3.28. The quantitative estimate of drug-likeness (QED) is 0.534. The van der Waals surface area contributed by atoms with E-state index in [9.17, 15) is 4.79 Å². The number of rotatable bonds is 6. The summed E-state index contributed by atoms with van der Waals surface area (Å²) >= 11 is 0. The predicted octanol–water partition coefficient (Wildman–Crippen LogP) is 5.38. The molecule has 3 aromatic rings. The van der Waals surface area contributed by atoms with Gasteiger partial charge in [0, 0.05) is 23.7 Å². The molecule has 0 unspecified atom stereocenters. The molecule has 0 bridgehead atoms. The molecule has 0 aliphatic heterocycles. The van der Waals surface area contributed by atoms with E-state index < -0.39 is 0 Å². The lowest BCUT2D eigenvalue weighted by Gasteiger charge is -2.27. The van der Waals surface area contributed by atoms with E-state index in [-0.39, 0.29) is 6.09 Å². The summed E-state index contributed by atoms with van der Waals surface area (Å²) in [5.74, 6) is 2.93. The number of H-pyrrole nitrogens is 1. The fourth-order valence-electron chi connectivity index (χ4n) is 5.14. The van der Waals surface area contributed by atoms with Crippen LogP contribution in [0.2, 0.25) is 0 Å². The number of nitrogens with zero attached hydrogens (tertiary/aromatic N) is 1. The number of imidazole rings is 1. The fourth-order valence-corrected chi connectivity index (χ4v) is 5.14. The molecular formula is C27H31N3O3. The molecule has 0 atom stereocenters. The van der Waals surface area contributed by atoms with Crippen LogP contribution >= 0.6 is 0 Å². The van der Waals surface area contributed by atoms with Gasteiger partial charge >= 0.3 is 6.09 Å². The van der Waals surface area contributed by atoms with E-state index >= 15 is 0 Å². The van der Waals surface area contributed by atoms with E-state index in [4.69, 9.17) is 14.5 Å². The van der Waals surface area contributed by atoms with Gasteiger partial charge in [-0.2, -0.15) is 0 Å². The molecule has 1 heterocycles. The molecular weight excluding hydrogens is 414 g/mol. The van der Waals surface area contributed by atoms with Crippen LogP contribution in [0.5, 0.6) is 5.75 Å². The van der Waals surface area contributed by atoms with Crippen LogP contribution in [0.1, 0.15) is 54.2 Å². The van der Waals surface area contributed by atoms with Crippen LogP contribution in [-0.4, -0.2) is 29.7 Å². The SMILES string of the molecule is COc1cccc2c1-c1nc(C3CCC(CNC(=O)OCc4ccccc4)CC3)[nH]c1CC2. The molecule has 2 N–H and O–H groups in total. The van der Waals surface area contributed by atoms with Crippen molar-refractivity contribution in [2.45, 2.75) is 51.0 Å². The number of hydrogen-bond donors (Lipinski definition) is 2. The standard InChI is InChI=1S/C27H31N3O3/c1-32-23-9-5-8-20-14-15-22-25(24(20)23)30-26(29-22)21-12-10-18(11-13-21)16-28-27(31)33-17-19-6-3-2-4-7-19/h2-9,18,21H,10-17H2,1H3,(H,28,31)(H,29,30). The first-order valence-corrected chi connectivity index (χ1v) is 11.9. The number of nitrogens with one attached hydrogen (secondary N) is 2. The highest BCUT2D eigenvalue weighted by Gasteiger charge is 2.29. The van der Waals surface area contributed by atoms with Crippen molar-refractivity contribution in [1.29, 1.82) is 0 Å². The van der Waals surface area contributed by atoms with Crippen LogP contribution in [-0.2, 0) is 24.2 Å². The van der Waals surface area contributed by atoms with Gasteiger partial charge in [0.25, 0.3) is 0 Å². The summed E-state index contributed by atoms with van der Waals surface area (Å²) in [6.45, 7) is 0.968. The minimum Gasteiger partial charge on any atom is -0.496 e. The fraction of sp³-hybridized carbons (Fsp3) is 0.407. The third-order valence-corrected chi connectivity index (χ3v) is 6.99. The zero-order chi connectivity index (χ0) is 22.6. The minimum absolute atomic E-state index is 0.302. The Morgan fingerprint density at radius 3 is 2.67 bits per heavy atom. The molecule has 2 aliphatic rings. The Balaban J connectivity index is 1.14. The highest BCUT2D eigenvalue weighted by atomic mass is 16.5. The van der Waals surface area contributed by atoms with Gasteiger partial charge in [0.05, 0.1) is 12.8 Å². The van der Waals surface area contributed by atoms with Gasteiger partial charge in [-0.05, 0) is 61.6 Å². The molecule has 0 radical (unpaired) electrons. The van der Waals surface area contributed by atoms with Gasteiger partial charge in [-0.3, -0.25) is 0 Å². The normalized spacial score (nSPS) is 19.3. The average molecular weight is 446 g/mol. The zero-order valence-electron chi connectivity index (χ0n) is 19.1. The van der Waals surface area contributed by atoms with E-state index in [0.717, 1.165) is 66.9 Å². The summed E-state index contributed by atoms with van der Waals surface area (Å²) in [5.41, 5.74) is 5.75. The van der Waals surface area contributed by atoms with Gasteiger partial charge in [-0.25, -0.2) is 9.78 Å². The van der Waals surface area contributed by atoms with E-state index in [1.54, 1.807) is 7.11 Å². The van der Waals surface area contributed by atoms with Crippen LogP contribution in [0.4, 0.5) is 4.79 Å². The average Bonchev–Trinajstić information content (AvgIpc) is 3.31. The molecule has 0 saturated heterocycles. The number of ether oxygens (including phenoxy) is 2. The molecule has 1 aromatic heterocycles. The molecule has 0 spiro atoms. The molecule has 6 heteroatoms. The van der Waals surface area contributed by atoms with Gasteiger partial charge in [0.1, 0.15) is 18.2 Å². The number of alkyl carbamates (subject to hydrolysis) is 1. The Morgan fingerprint density at radius 2 is 1.88 bits per heavy atom. The first-order valence-electron chi connectivity index (χ1n) is 11.9. The second kappa shape index (κ2) is 9.69. The first kappa shape index (κ1) is 21.6. The summed E-state index contributed by atoms with van der Waals surface area (Å²) in [7, 11) is 1.73. The van der Waals surface area contributed by atoms with Crippen molar-refractivity contribution in [3.8, 4) is 17.0 Å². The maximum atomic E-state index is 12.1. The van der Waals surface area contributed by atoms with E-state index in [0.29, 0.717) is 25.0 Å². The van der Waals surface area contributed by atoms with Crippen molar-refractivity contribution in [2.75, 3.05) is 13.7 Å². The minimum atomic E-state index is -0.340. The zero-order valence-corrected chi connectivity index (χ0v) is 19.1. The Bertz CT molecular complexity index is 1090. The second-order valence-electron chi connectivity index (χ2n) is 9.10. The largest absolute Gasteiger partial charge is 0.496 e. The third kappa shape index (κ3) is 4.75. The number of aryl methyl sites for hydroxylation is 2. The number of benzene rings is 2. The Kier molecular flexibility index (Phi) is 6.33. The monoisotopic (exact) mass is 445 g/mol. The summed E-state index contributed by atoms with van der Waals surface area (Å²) < 4.78 is 11.0. The molecule has 172 valence electrons. The lowest BCUT2D eigenvalue weighted by molar-refractivity contribution is 0.136. The van der Waals surface area contributed by atoms with Crippen LogP contribution < -0.4 is 10.1 Å². The van der Waals surface area contributed by atoms with Crippen molar-refractivity contribution >= 4 is 6.09 Å². The van der Waals surface area contributed by atoms with Crippen LogP contribution in [0.15, 0.2) is 48.5 Å². The smallest absolute Gasteiger partial charge is 0.407 e. The molecule has 6 nitrogen and oxygen atoms in total. The van der Waals surface area contributed by atoms with Gasteiger partial charge < -0.3 is 19.8 Å². The lowest BCUT2D eigenvalue weighted by Crippen LogP contribution is -2.31. The van der Waals surface area contributed by atoms with E-state index in [1.165, 1.54) is 11.3 Å². The topological polar surface area (TPSA) is 76.2 Å². The van der Waals surface area contributed by atoms with Crippen molar-refractivity contribution < 1.29 is 14.3 Å². The third-order valence-electron chi connectivity index (χ3n) is 6.99. The Morgan fingerprint density at radius 1 is 1.06 bits per heavy atom. The highest BCUT2D eigenvalue weighted by molar-refractivity contribution is 5.75. The van der Waals surface area contributed by atoms with Crippen LogP contribution in [0.25, 0.3) is 11.3 Å². The van der Waals surface area contributed by atoms with Crippen molar-refractivity contribution in [3.63, 3.8) is 0 Å². The predicted molar refractivity (Wildman–Crippen MR) is 127 cm³/mol. The number of carbonyl (C=O) groups excluding carboxylic acids is 1. The Labute approximate surface area is 194 Å². The number of amides is 1. The highest BCUT2D eigenvalue weighted by Crippen LogP contribution is 2.41. The summed E-state index contributed by atoms with van der Waals surface area (Å²) in [6.07, 6.45) is 5.98. The molecule has 33 heavy (non-hydrogen) atoms. The van der Waals surface area contributed by atoms with Crippen LogP contribution in [0, 0.1) is 5.92 Å².